The van der Waals surface area contributed by atoms with Crippen molar-refractivity contribution in [1.29, 1.82) is 0 Å². The summed E-state index contributed by atoms with van der Waals surface area (Å²) in [4.78, 5) is 0. The molecule has 5 heteroatoms. The number of hydrogen-bond acceptors (Lipinski definition) is 3. The van der Waals surface area contributed by atoms with Crippen molar-refractivity contribution in [2.75, 3.05) is 5.75 Å². The van der Waals surface area contributed by atoms with Crippen LogP contribution in [0.3, 0.4) is 0 Å². The van der Waals surface area contributed by atoms with Gasteiger partial charge in [0.1, 0.15) is 0 Å². The van der Waals surface area contributed by atoms with Crippen LogP contribution in [0.1, 0.15) is 6.92 Å². The number of benzene rings is 1. The molecule has 0 N–H and O–H groups in total. The second kappa shape index (κ2) is 4.11. The van der Waals surface area contributed by atoms with Gasteiger partial charge in [0.15, 0.2) is 5.75 Å². The topological polar surface area (TPSA) is 43.4 Å². The summed E-state index contributed by atoms with van der Waals surface area (Å²) >= 11 is 3.19. The number of rotatable bonds is 3. The molecule has 0 radical (unpaired) electrons. The Morgan fingerprint density at radius 3 is 2.54 bits per heavy atom. The molecule has 1 aromatic rings. The predicted octanol–water partition coefficient (Wildman–Crippen LogP) is 2.18. The van der Waals surface area contributed by atoms with E-state index in [4.69, 9.17) is 4.18 Å². The van der Waals surface area contributed by atoms with E-state index in [2.05, 4.69) is 15.9 Å². The van der Waals surface area contributed by atoms with Gasteiger partial charge in [0.05, 0.1) is 10.2 Å². The maximum atomic E-state index is 11.1. The Bertz CT molecular complexity index is 386. The van der Waals surface area contributed by atoms with E-state index in [1.54, 1.807) is 24.3 Å². The summed E-state index contributed by atoms with van der Waals surface area (Å²) in [6.07, 6.45) is 0. The van der Waals surface area contributed by atoms with Gasteiger partial charge in [0, 0.05) is 0 Å². The van der Waals surface area contributed by atoms with Gasteiger partial charge in [-0.3, -0.25) is 0 Å². The first-order chi connectivity index (χ1) is 6.05. The van der Waals surface area contributed by atoms with Gasteiger partial charge < -0.3 is 4.18 Å². The summed E-state index contributed by atoms with van der Waals surface area (Å²) in [5, 5.41) is 0. The molecule has 72 valence electrons. The SMILES string of the molecule is CCS(=O)(=O)Oc1ccccc1Br. The third-order valence-corrected chi connectivity index (χ3v) is 3.20. The molecule has 0 fully saturated rings. The smallest absolute Gasteiger partial charge is 0.308 e. The zero-order valence-electron chi connectivity index (χ0n) is 7.03. The lowest BCUT2D eigenvalue weighted by molar-refractivity contribution is 0.486. The largest absolute Gasteiger partial charge is 0.381 e. The van der Waals surface area contributed by atoms with Crippen LogP contribution < -0.4 is 4.18 Å². The van der Waals surface area contributed by atoms with Gasteiger partial charge in [0.25, 0.3) is 0 Å². The molecule has 0 aliphatic heterocycles. The maximum absolute atomic E-state index is 11.1. The van der Waals surface area contributed by atoms with E-state index in [0.717, 1.165) is 0 Å². The molecule has 3 nitrogen and oxygen atoms in total. The second-order valence-electron chi connectivity index (χ2n) is 2.36. The Labute approximate surface area is 86.0 Å². The molecular weight excluding hydrogens is 256 g/mol. The lowest BCUT2D eigenvalue weighted by Crippen LogP contribution is -2.11. The first-order valence-corrected chi connectivity index (χ1v) is 6.09. The van der Waals surface area contributed by atoms with E-state index in [0.29, 0.717) is 10.2 Å². The van der Waals surface area contributed by atoms with Crippen LogP contribution >= 0.6 is 15.9 Å². The van der Waals surface area contributed by atoms with Gasteiger partial charge in [-0.1, -0.05) is 12.1 Å². The van der Waals surface area contributed by atoms with E-state index in [9.17, 15) is 8.42 Å². The predicted molar refractivity (Wildman–Crippen MR) is 54.2 cm³/mol. The van der Waals surface area contributed by atoms with E-state index in [-0.39, 0.29) is 5.75 Å². The molecule has 0 bridgehead atoms. The molecule has 0 aliphatic rings. The minimum atomic E-state index is -3.43. The highest BCUT2D eigenvalue weighted by Crippen LogP contribution is 2.25. The van der Waals surface area contributed by atoms with Gasteiger partial charge in [-0.2, -0.15) is 8.42 Å². The first kappa shape index (κ1) is 10.5. The highest BCUT2D eigenvalue weighted by Gasteiger charge is 2.10. The van der Waals surface area contributed by atoms with Gasteiger partial charge in [-0.25, -0.2) is 0 Å². The number of para-hydroxylation sites is 1. The molecule has 0 aromatic heterocycles. The van der Waals surface area contributed by atoms with Crippen LogP contribution in [-0.2, 0) is 10.1 Å². The van der Waals surface area contributed by atoms with Crippen LogP contribution in [0.5, 0.6) is 5.75 Å². The van der Waals surface area contributed by atoms with Crippen LogP contribution in [0.15, 0.2) is 28.7 Å². The van der Waals surface area contributed by atoms with E-state index in [1.807, 2.05) is 0 Å². The molecular formula is C8H9BrO3S. The van der Waals surface area contributed by atoms with Crippen molar-refractivity contribution in [3.63, 3.8) is 0 Å². The fourth-order valence-corrected chi connectivity index (χ4v) is 1.72. The van der Waals surface area contributed by atoms with Crippen molar-refractivity contribution in [3.05, 3.63) is 28.7 Å². The Balaban J connectivity index is 2.93. The average Bonchev–Trinajstić information content (AvgIpc) is 2.09. The molecule has 0 spiro atoms. The molecule has 1 rings (SSSR count). The number of halogens is 1. The van der Waals surface area contributed by atoms with Crippen molar-refractivity contribution >= 4 is 26.0 Å². The third-order valence-electron chi connectivity index (χ3n) is 1.41. The van der Waals surface area contributed by atoms with E-state index in [1.165, 1.54) is 6.92 Å². The molecule has 0 unspecified atom stereocenters. The highest BCUT2D eigenvalue weighted by molar-refractivity contribution is 9.10. The number of hydrogen-bond donors (Lipinski definition) is 0. The third kappa shape index (κ3) is 3.00. The summed E-state index contributed by atoms with van der Waals surface area (Å²) in [5.74, 6) is 0.290. The van der Waals surface area contributed by atoms with Crippen molar-refractivity contribution in [3.8, 4) is 5.75 Å². The van der Waals surface area contributed by atoms with Crippen molar-refractivity contribution < 1.29 is 12.6 Å². The summed E-state index contributed by atoms with van der Waals surface area (Å²) in [7, 11) is -3.43. The highest BCUT2D eigenvalue weighted by atomic mass is 79.9. The van der Waals surface area contributed by atoms with Gasteiger partial charge >= 0.3 is 10.1 Å². The quantitative estimate of drug-likeness (QED) is 0.787. The zero-order chi connectivity index (χ0) is 9.90. The molecule has 0 amide bonds. The molecule has 13 heavy (non-hydrogen) atoms. The van der Waals surface area contributed by atoms with Crippen LogP contribution in [0.4, 0.5) is 0 Å². The summed E-state index contributed by atoms with van der Waals surface area (Å²) in [5.41, 5.74) is 0. The Hall–Kier alpha value is -0.550. The fourth-order valence-electron chi connectivity index (χ4n) is 0.708. The fraction of sp³-hybridized carbons (Fsp3) is 0.250. The van der Waals surface area contributed by atoms with E-state index < -0.39 is 10.1 Å². The Kier molecular flexibility index (Phi) is 3.33. The molecule has 0 aliphatic carbocycles. The van der Waals surface area contributed by atoms with Gasteiger partial charge in [-0.05, 0) is 35.0 Å². The van der Waals surface area contributed by atoms with E-state index >= 15 is 0 Å². The van der Waals surface area contributed by atoms with Crippen molar-refractivity contribution in [1.82, 2.24) is 0 Å². The van der Waals surface area contributed by atoms with Crippen LogP contribution in [-0.4, -0.2) is 14.2 Å². The molecule has 0 saturated carbocycles. The second-order valence-corrected chi connectivity index (χ2v) is 5.07. The van der Waals surface area contributed by atoms with Gasteiger partial charge in [-0.15, -0.1) is 0 Å². The normalized spacial score (nSPS) is 11.2. The summed E-state index contributed by atoms with van der Waals surface area (Å²) < 4.78 is 27.6. The maximum Gasteiger partial charge on any atom is 0.308 e. The minimum Gasteiger partial charge on any atom is -0.381 e. The molecule has 0 heterocycles. The van der Waals surface area contributed by atoms with Crippen LogP contribution in [0.2, 0.25) is 0 Å². The van der Waals surface area contributed by atoms with Crippen molar-refractivity contribution in [2.24, 2.45) is 0 Å². The average molecular weight is 265 g/mol. The minimum absolute atomic E-state index is 0.0334. The molecule has 1 aromatic carbocycles. The van der Waals surface area contributed by atoms with Gasteiger partial charge in [0.2, 0.25) is 0 Å². The molecule has 0 atom stereocenters. The standard InChI is InChI=1S/C8H9BrO3S/c1-2-13(10,11)12-8-6-4-3-5-7(8)9/h3-6H,2H2,1H3. The molecule has 0 saturated heterocycles. The monoisotopic (exact) mass is 264 g/mol. The first-order valence-electron chi connectivity index (χ1n) is 3.72. The van der Waals surface area contributed by atoms with Crippen LogP contribution in [0.25, 0.3) is 0 Å². The Morgan fingerprint density at radius 2 is 2.00 bits per heavy atom. The summed E-state index contributed by atoms with van der Waals surface area (Å²) in [6, 6.07) is 6.82. The van der Waals surface area contributed by atoms with Crippen molar-refractivity contribution in [2.45, 2.75) is 6.92 Å². The lowest BCUT2D eigenvalue weighted by atomic mass is 10.3. The van der Waals surface area contributed by atoms with Crippen LogP contribution in [0, 0.1) is 0 Å². The zero-order valence-corrected chi connectivity index (χ0v) is 9.43. The Morgan fingerprint density at radius 1 is 1.38 bits per heavy atom. The summed E-state index contributed by atoms with van der Waals surface area (Å²) in [6.45, 7) is 1.53. The lowest BCUT2D eigenvalue weighted by Gasteiger charge is -2.05.